The van der Waals surface area contributed by atoms with Gasteiger partial charge in [0.1, 0.15) is 28.9 Å². The highest BCUT2D eigenvalue weighted by Crippen LogP contribution is 2.25. The number of hydrogen-bond donors (Lipinski definition) is 1. The molecule has 1 aromatic heterocycles. The largest absolute Gasteiger partial charge is 0.497 e. The number of rotatable bonds is 8. The number of ether oxygens (including phenoxy) is 2. The second-order valence-electron chi connectivity index (χ2n) is 7.69. The summed E-state index contributed by atoms with van der Waals surface area (Å²) in [7, 11) is 1.50. The highest BCUT2D eigenvalue weighted by atomic mass is 16.6. The number of para-hydroxylation sites is 1. The lowest BCUT2D eigenvalue weighted by molar-refractivity contribution is -0.386. The van der Waals surface area contributed by atoms with Crippen molar-refractivity contribution in [3.8, 4) is 11.5 Å². The Balaban J connectivity index is 1.77. The molecule has 0 saturated heterocycles. The molecule has 0 spiro atoms. The smallest absolute Gasteiger partial charge is 0.343 e. The van der Waals surface area contributed by atoms with Crippen molar-refractivity contribution in [3.63, 3.8) is 0 Å². The minimum absolute atomic E-state index is 0.129. The van der Waals surface area contributed by atoms with Crippen molar-refractivity contribution in [1.82, 2.24) is 15.2 Å². The maximum absolute atomic E-state index is 12.7. The van der Waals surface area contributed by atoms with Crippen molar-refractivity contribution < 1.29 is 24.0 Å². The maximum Gasteiger partial charge on any atom is 0.343 e. The molecular weight excluding hydrogens is 454 g/mol. The third-order valence-corrected chi connectivity index (χ3v) is 5.33. The summed E-state index contributed by atoms with van der Waals surface area (Å²) in [5, 5.41) is 19.5. The molecule has 0 bridgehead atoms. The molecule has 0 aliphatic heterocycles. The van der Waals surface area contributed by atoms with Gasteiger partial charge >= 0.3 is 11.7 Å². The van der Waals surface area contributed by atoms with Gasteiger partial charge in [0.15, 0.2) is 0 Å². The Bertz CT molecular complexity index is 1310. The molecule has 1 heterocycles. The molecule has 1 unspecified atom stereocenters. The zero-order chi connectivity index (χ0) is 25.7. The van der Waals surface area contributed by atoms with Crippen LogP contribution in [0.5, 0.6) is 11.5 Å². The highest BCUT2D eigenvalue weighted by molar-refractivity contribution is 6.03. The summed E-state index contributed by atoms with van der Waals surface area (Å²) in [6.45, 7) is 6.26. The molecule has 182 valence electrons. The summed E-state index contributed by atoms with van der Waals surface area (Å²) < 4.78 is 12.0. The first-order valence-electron chi connectivity index (χ1n) is 10.6. The molecule has 35 heavy (non-hydrogen) atoms. The van der Waals surface area contributed by atoms with Gasteiger partial charge in [0.2, 0.25) is 0 Å². The predicted molar refractivity (Wildman–Crippen MR) is 128 cm³/mol. The molecule has 0 aliphatic rings. The van der Waals surface area contributed by atoms with Crippen LogP contribution in [0.4, 0.5) is 5.69 Å². The Labute approximate surface area is 201 Å². The second-order valence-corrected chi connectivity index (χ2v) is 7.69. The van der Waals surface area contributed by atoms with Crippen molar-refractivity contribution in [2.24, 2.45) is 5.10 Å². The zero-order valence-electron chi connectivity index (χ0n) is 19.9. The molecule has 11 nitrogen and oxygen atoms in total. The molecule has 1 amide bonds. The minimum Gasteiger partial charge on any atom is -0.497 e. The SMILES string of the molecule is COc1cccc(C(=O)Oc2ccccc2/C(C)=N/NC(=O)C(C)n2nc(C)c([N+](=O)[O-])c2C)c1. The number of aromatic nitrogens is 2. The highest BCUT2D eigenvalue weighted by Gasteiger charge is 2.27. The number of nitro groups is 1. The fourth-order valence-corrected chi connectivity index (χ4v) is 3.46. The van der Waals surface area contributed by atoms with Gasteiger partial charge in [-0.05, 0) is 58.0 Å². The van der Waals surface area contributed by atoms with Gasteiger partial charge in [0.25, 0.3) is 5.91 Å². The van der Waals surface area contributed by atoms with E-state index in [-0.39, 0.29) is 22.8 Å². The van der Waals surface area contributed by atoms with E-state index in [2.05, 4.69) is 15.6 Å². The van der Waals surface area contributed by atoms with E-state index in [0.717, 1.165) is 0 Å². The van der Waals surface area contributed by atoms with E-state index < -0.39 is 22.8 Å². The number of amides is 1. The second kappa shape index (κ2) is 10.6. The third kappa shape index (κ3) is 5.52. The van der Waals surface area contributed by atoms with Crippen molar-refractivity contribution in [3.05, 3.63) is 81.2 Å². The van der Waals surface area contributed by atoms with E-state index >= 15 is 0 Å². The lowest BCUT2D eigenvalue weighted by Gasteiger charge is -2.13. The molecule has 1 N–H and O–H groups in total. The van der Waals surface area contributed by atoms with E-state index in [1.54, 1.807) is 62.4 Å². The standard InChI is InChI=1S/C24H25N5O6/c1-14(25-26-23(30)17(4)28-16(3)22(29(32)33)15(2)27-28)20-11-6-7-12-21(20)35-24(31)18-9-8-10-19(13-18)34-5/h6-13,17H,1-5H3,(H,26,30)/b25-14+. The van der Waals surface area contributed by atoms with Crippen LogP contribution in [0.15, 0.2) is 53.6 Å². The number of benzene rings is 2. The molecule has 2 aromatic carbocycles. The van der Waals surface area contributed by atoms with Gasteiger partial charge in [-0.1, -0.05) is 18.2 Å². The minimum atomic E-state index is -0.847. The van der Waals surface area contributed by atoms with Crippen LogP contribution in [0, 0.1) is 24.0 Å². The maximum atomic E-state index is 12.7. The Morgan fingerprint density at radius 2 is 1.89 bits per heavy atom. The van der Waals surface area contributed by atoms with Crippen LogP contribution in [0.3, 0.4) is 0 Å². The number of aryl methyl sites for hydroxylation is 1. The number of hydrazone groups is 1. The fraction of sp³-hybridized carbons (Fsp3) is 0.250. The number of hydrogen-bond acceptors (Lipinski definition) is 8. The summed E-state index contributed by atoms with van der Waals surface area (Å²) in [5.41, 5.74) is 4.02. The Kier molecular flexibility index (Phi) is 7.59. The van der Waals surface area contributed by atoms with Crippen LogP contribution in [-0.4, -0.2) is 39.4 Å². The van der Waals surface area contributed by atoms with Gasteiger partial charge in [-0.25, -0.2) is 10.2 Å². The number of methoxy groups -OCH3 is 1. The first kappa shape index (κ1) is 25.1. The van der Waals surface area contributed by atoms with Gasteiger partial charge in [-0.2, -0.15) is 10.2 Å². The monoisotopic (exact) mass is 479 g/mol. The fourth-order valence-electron chi connectivity index (χ4n) is 3.46. The molecule has 3 aromatic rings. The Morgan fingerprint density at radius 1 is 1.17 bits per heavy atom. The molecule has 1 atom stereocenters. The molecule has 0 saturated carbocycles. The topological polar surface area (TPSA) is 138 Å². The summed E-state index contributed by atoms with van der Waals surface area (Å²) in [6, 6.07) is 12.5. The van der Waals surface area contributed by atoms with Crippen molar-refractivity contribution in [2.75, 3.05) is 7.11 Å². The first-order valence-corrected chi connectivity index (χ1v) is 10.6. The lowest BCUT2D eigenvalue weighted by atomic mass is 10.1. The van der Waals surface area contributed by atoms with Gasteiger partial charge in [0.05, 0.1) is 23.3 Å². The van der Waals surface area contributed by atoms with E-state index in [1.807, 2.05) is 0 Å². The molecule has 0 aliphatic carbocycles. The number of nitrogens with one attached hydrogen (secondary N) is 1. The van der Waals surface area contributed by atoms with E-state index in [4.69, 9.17) is 9.47 Å². The molecule has 0 fully saturated rings. The average Bonchev–Trinajstić information content (AvgIpc) is 3.15. The van der Waals surface area contributed by atoms with E-state index in [0.29, 0.717) is 22.6 Å². The van der Waals surface area contributed by atoms with Crippen molar-refractivity contribution in [2.45, 2.75) is 33.7 Å². The predicted octanol–water partition coefficient (Wildman–Crippen LogP) is 3.74. The molecule has 0 radical (unpaired) electrons. The summed E-state index contributed by atoms with van der Waals surface area (Å²) in [4.78, 5) is 36.0. The Hall–Kier alpha value is -4.54. The molecular formula is C24H25N5O6. The van der Waals surface area contributed by atoms with Gasteiger partial charge in [0, 0.05) is 5.56 Å². The van der Waals surface area contributed by atoms with Crippen LogP contribution >= 0.6 is 0 Å². The zero-order valence-corrected chi connectivity index (χ0v) is 19.9. The van der Waals surface area contributed by atoms with Crippen LogP contribution in [0.25, 0.3) is 0 Å². The number of esters is 1. The number of carbonyl (C=O) groups is 2. The van der Waals surface area contributed by atoms with Gasteiger partial charge in [-0.3, -0.25) is 19.6 Å². The first-order chi connectivity index (χ1) is 16.6. The van der Waals surface area contributed by atoms with Crippen LogP contribution < -0.4 is 14.9 Å². The average molecular weight is 479 g/mol. The number of carbonyl (C=O) groups excluding carboxylic acids is 2. The van der Waals surface area contributed by atoms with Crippen LogP contribution in [-0.2, 0) is 4.79 Å². The number of nitrogens with zero attached hydrogens (tertiary/aromatic N) is 4. The summed E-state index contributed by atoms with van der Waals surface area (Å²) in [5.74, 6) is -0.308. The summed E-state index contributed by atoms with van der Waals surface area (Å²) in [6.07, 6.45) is 0. The van der Waals surface area contributed by atoms with Crippen LogP contribution in [0.1, 0.15) is 47.2 Å². The summed E-state index contributed by atoms with van der Waals surface area (Å²) >= 11 is 0. The van der Waals surface area contributed by atoms with Crippen LogP contribution in [0.2, 0.25) is 0 Å². The molecule has 3 rings (SSSR count). The lowest BCUT2D eigenvalue weighted by Crippen LogP contribution is -2.29. The van der Waals surface area contributed by atoms with Crippen molar-refractivity contribution in [1.29, 1.82) is 0 Å². The van der Waals surface area contributed by atoms with Gasteiger partial charge < -0.3 is 9.47 Å². The third-order valence-electron chi connectivity index (χ3n) is 5.33. The quantitative estimate of drug-likeness (QED) is 0.171. The molecule has 11 heteroatoms. The van der Waals surface area contributed by atoms with E-state index in [9.17, 15) is 19.7 Å². The van der Waals surface area contributed by atoms with Crippen molar-refractivity contribution >= 4 is 23.3 Å². The van der Waals surface area contributed by atoms with Gasteiger partial charge in [-0.15, -0.1) is 0 Å². The van der Waals surface area contributed by atoms with E-state index in [1.165, 1.54) is 25.6 Å². The normalized spacial score (nSPS) is 12.1. The Morgan fingerprint density at radius 3 is 2.54 bits per heavy atom.